The molecule has 0 atom stereocenters. The molecule has 1 N–H and O–H groups in total. The van der Waals surface area contributed by atoms with Crippen molar-refractivity contribution in [3.63, 3.8) is 0 Å². The summed E-state index contributed by atoms with van der Waals surface area (Å²) in [6.45, 7) is 14.9. The number of carboxylic acid groups (broad SMARTS) is 1. The monoisotopic (exact) mass is 465 g/mol. The van der Waals surface area contributed by atoms with E-state index in [4.69, 9.17) is 9.90 Å². The van der Waals surface area contributed by atoms with Gasteiger partial charge in [-0.1, -0.05) is 0 Å². The third-order valence-electron chi connectivity index (χ3n) is 3.25. The second kappa shape index (κ2) is 8.81. The third-order valence-corrected chi connectivity index (χ3v) is 6.43. The van der Waals surface area contributed by atoms with Gasteiger partial charge >= 0.3 is 117 Å². The van der Waals surface area contributed by atoms with Crippen LogP contribution in [-0.2, 0) is 30.9 Å². The van der Waals surface area contributed by atoms with Gasteiger partial charge in [-0.05, 0) is 0 Å². The van der Waals surface area contributed by atoms with Crippen LogP contribution in [0.5, 0.6) is 0 Å². The average Bonchev–Trinajstić information content (AvgIpc) is 2.27. The van der Waals surface area contributed by atoms with E-state index < -0.39 is 5.97 Å². The number of hydrogen-bond donors (Lipinski definition) is 1. The molecule has 0 aromatic heterocycles. The molecule has 0 aliphatic carbocycles. The normalized spacial score (nSPS) is 10.8. The van der Waals surface area contributed by atoms with Gasteiger partial charge in [0, 0.05) is 6.92 Å². The molecule has 0 bridgehead atoms. The molecular formula is C17H27HgO2. The number of carbonyl (C=O) groups is 1. The summed E-state index contributed by atoms with van der Waals surface area (Å²) >= 11 is 0.724. The van der Waals surface area contributed by atoms with Gasteiger partial charge in [-0.2, -0.15) is 0 Å². The summed E-state index contributed by atoms with van der Waals surface area (Å²) in [4.78, 5) is 9.00. The zero-order valence-corrected chi connectivity index (χ0v) is 19.4. The molecule has 0 fully saturated rings. The predicted molar refractivity (Wildman–Crippen MR) is 81.7 cm³/mol. The standard InChI is InChI=1S/C15H23.C2H4O2.Hg/c1-10(2)13-7-14(11(3)4)9-15(8-13)12(5)6;1-2(3)4;/h7-8,10-12H,1-6H3;1H3,(H,3,4);. The van der Waals surface area contributed by atoms with Crippen LogP contribution in [0.25, 0.3) is 0 Å². The molecule has 0 aliphatic heterocycles. The molecular weight excluding hydrogens is 437 g/mol. The maximum absolute atomic E-state index is 9.00. The fourth-order valence-electron chi connectivity index (χ4n) is 2.11. The molecule has 0 spiro atoms. The van der Waals surface area contributed by atoms with E-state index in [0.717, 1.165) is 33.0 Å². The zero-order valence-electron chi connectivity index (χ0n) is 13.9. The molecule has 1 rings (SSSR count). The predicted octanol–water partition coefficient (Wildman–Crippen LogP) is 4.32. The van der Waals surface area contributed by atoms with Crippen LogP contribution in [0.1, 0.15) is 82.9 Å². The van der Waals surface area contributed by atoms with Gasteiger partial charge in [0.25, 0.3) is 5.97 Å². The minimum atomic E-state index is -0.833. The molecule has 0 saturated carbocycles. The number of rotatable bonds is 3. The number of hydrogen-bond acceptors (Lipinski definition) is 1. The molecule has 3 heteroatoms. The van der Waals surface area contributed by atoms with E-state index in [-0.39, 0.29) is 0 Å². The summed E-state index contributed by atoms with van der Waals surface area (Å²) in [5, 5.41) is 7.42. The molecule has 1 aromatic rings. The second-order valence-corrected chi connectivity index (χ2v) is 8.91. The molecule has 0 radical (unpaired) electrons. The SMILES string of the molecule is CC(=O)O.CC(C)c1cc(C(C)C)[c]([Hg])c(C(C)C)c1. The van der Waals surface area contributed by atoms with Crippen LogP contribution < -0.4 is 3.07 Å². The van der Waals surface area contributed by atoms with Gasteiger partial charge in [0.05, 0.1) is 0 Å². The van der Waals surface area contributed by atoms with Crippen molar-refractivity contribution in [1.29, 1.82) is 0 Å². The Labute approximate surface area is 139 Å². The fraction of sp³-hybridized carbons (Fsp3) is 0.588. The van der Waals surface area contributed by atoms with Crippen molar-refractivity contribution in [2.24, 2.45) is 0 Å². The Morgan fingerprint density at radius 1 is 0.950 bits per heavy atom. The first-order valence-corrected chi connectivity index (χ1v) is 10.0. The van der Waals surface area contributed by atoms with Crippen LogP contribution in [0.4, 0.5) is 0 Å². The van der Waals surface area contributed by atoms with E-state index in [9.17, 15) is 0 Å². The van der Waals surface area contributed by atoms with Crippen molar-refractivity contribution in [3.05, 3.63) is 28.8 Å². The van der Waals surface area contributed by atoms with Gasteiger partial charge in [-0.3, -0.25) is 4.79 Å². The van der Waals surface area contributed by atoms with Crippen molar-refractivity contribution in [1.82, 2.24) is 0 Å². The fourth-order valence-corrected chi connectivity index (χ4v) is 6.07. The first kappa shape index (κ1) is 19.6. The quantitative estimate of drug-likeness (QED) is 0.678. The average molecular weight is 464 g/mol. The maximum atomic E-state index is 9.00. The first-order valence-electron chi connectivity index (χ1n) is 7.27. The molecule has 0 heterocycles. The van der Waals surface area contributed by atoms with E-state index in [0.29, 0.717) is 17.8 Å². The zero-order chi connectivity index (χ0) is 16.0. The summed E-state index contributed by atoms with van der Waals surface area (Å²) in [6.07, 6.45) is 0. The van der Waals surface area contributed by atoms with Crippen LogP contribution in [0.2, 0.25) is 0 Å². The molecule has 109 valence electrons. The van der Waals surface area contributed by atoms with Gasteiger partial charge in [-0.25, -0.2) is 0 Å². The number of benzene rings is 1. The van der Waals surface area contributed by atoms with E-state index in [1.54, 1.807) is 14.2 Å². The Bertz CT molecular complexity index is 415. The van der Waals surface area contributed by atoms with Crippen molar-refractivity contribution in [3.8, 4) is 0 Å². The summed E-state index contributed by atoms with van der Waals surface area (Å²) in [5.74, 6) is 1.15. The molecule has 0 amide bonds. The Hall–Kier alpha value is -0.375. The van der Waals surface area contributed by atoms with E-state index in [1.165, 1.54) is 5.56 Å². The molecule has 0 unspecified atom stereocenters. The van der Waals surface area contributed by atoms with Crippen molar-refractivity contribution >= 4 is 9.04 Å². The number of aliphatic carboxylic acids is 1. The third kappa shape index (κ3) is 6.38. The van der Waals surface area contributed by atoms with Gasteiger partial charge in [0.2, 0.25) is 0 Å². The van der Waals surface area contributed by atoms with Crippen LogP contribution in [0, 0.1) is 0 Å². The minimum absolute atomic E-state index is 0.643. The Morgan fingerprint density at radius 2 is 1.25 bits per heavy atom. The van der Waals surface area contributed by atoms with Crippen LogP contribution >= 0.6 is 0 Å². The van der Waals surface area contributed by atoms with E-state index in [2.05, 4.69) is 53.7 Å². The summed E-state index contributed by atoms with van der Waals surface area (Å²) in [6, 6.07) is 4.90. The second-order valence-electron chi connectivity index (χ2n) is 6.16. The van der Waals surface area contributed by atoms with Gasteiger partial charge in [0.1, 0.15) is 0 Å². The molecule has 2 nitrogen and oxygen atoms in total. The van der Waals surface area contributed by atoms with Crippen LogP contribution in [-0.4, -0.2) is 11.1 Å². The summed E-state index contributed by atoms with van der Waals surface area (Å²) < 4.78 is 1.69. The molecule has 0 saturated heterocycles. The topological polar surface area (TPSA) is 37.3 Å². The number of carboxylic acids is 1. The van der Waals surface area contributed by atoms with E-state index >= 15 is 0 Å². The van der Waals surface area contributed by atoms with Gasteiger partial charge in [0.15, 0.2) is 0 Å². The first-order chi connectivity index (χ1) is 9.07. The van der Waals surface area contributed by atoms with Crippen LogP contribution in [0.3, 0.4) is 0 Å². The molecule has 1 aromatic carbocycles. The van der Waals surface area contributed by atoms with Crippen molar-refractivity contribution in [2.75, 3.05) is 0 Å². The molecule has 20 heavy (non-hydrogen) atoms. The van der Waals surface area contributed by atoms with Gasteiger partial charge < -0.3 is 5.11 Å². The van der Waals surface area contributed by atoms with E-state index in [1.807, 2.05) is 0 Å². The van der Waals surface area contributed by atoms with Crippen LogP contribution in [0.15, 0.2) is 12.1 Å². The summed E-state index contributed by atoms with van der Waals surface area (Å²) in [7, 11) is 0. The van der Waals surface area contributed by atoms with Gasteiger partial charge in [-0.15, -0.1) is 0 Å². The molecule has 0 aliphatic rings. The Morgan fingerprint density at radius 3 is 1.45 bits per heavy atom. The van der Waals surface area contributed by atoms with Crippen molar-refractivity contribution in [2.45, 2.75) is 66.2 Å². The van der Waals surface area contributed by atoms with Crippen molar-refractivity contribution < 1.29 is 36.0 Å². The Balaban J connectivity index is 0.000000796. The summed E-state index contributed by atoms with van der Waals surface area (Å²) in [5.41, 5.74) is 4.73. The Kier molecular flexibility index (Phi) is 8.65.